The van der Waals surface area contributed by atoms with Crippen LogP contribution in [0.2, 0.25) is 0 Å². The molecule has 0 N–H and O–H groups in total. The highest BCUT2D eigenvalue weighted by Gasteiger charge is 2.20. The van der Waals surface area contributed by atoms with Gasteiger partial charge in [0.2, 0.25) is 0 Å². The van der Waals surface area contributed by atoms with Gasteiger partial charge in [0.25, 0.3) is 0 Å². The van der Waals surface area contributed by atoms with Crippen LogP contribution in [0.4, 0.5) is 0 Å². The Kier molecular flexibility index (Phi) is 4.66. The summed E-state index contributed by atoms with van der Waals surface area (Å²) in [5.74, 6) is -1.23. The van der Waals surface area contributed by atoms with Crippen molar-refractivity contribution in [3.63, 3.8) is 0 Å². The van der Waals surface area contributed by atoms with Crippen LogP contribution in [0.3, 0.4) is 0 Å². The fourth-order valence-corrected chi connectivity index (χ4v) is 0.534. The average Bonchev–Trinajstić information content (AvgIpc) is 2.02. The Balaban J connectivity index is 3.92. The number of ether oxygens (including phenoxy) is 2. The topological polar surface area (TPSA) is 52.6 Å². The number of hydrogen-bond donors (Lipinski definition) is 0. The highest BCUT2D eigenvalue weighted by molar-refractivity contribution is 6.29. The van der Waals surface area contributed by atoms with Crippen LogP contribution in [0.15, 0.2) is 0 Å². The Morgan fingerprint density at radius 3 is 2.08 bits per heavy atom. The molecule has 70 valence electrons. The van der Waals surface area contributed by atoms with Crippen LogP contribution in [0.1, 0.15) is 13.8 Å². The minimum atomic E-state index is -0.899. The number of methoxy groups -OCH3 is 1. The highest BCUT2D eigenvalue weighted by Crippen LogP contribution is 2.01. The van der Waals surface area contributed by atoms with E-state index >= 15 is 0 Å². The molecule has 4 nitrogen and oxygen atoms in total. The monoisotopic (exact) mass is 194 g/mol. The van der Waals surface area contributed by atoms with Crippen molar-refractivity contribution in [3.8, 4) is 0 Å². The van der Waals surface area contributed by atoms with E-state index in [1.165, 1.54) is 21.0 Å². The molecule has 0 amide bonds. The molecule has 0 rings (SSSR count). The molecular formula is C7H11ClO4. The first kappa shape index (κ1) is 11.2. The van der Waals surface area contributed by atoms with Gasteiger partial charge in [0.15, 0.2) is 6.10 Å². The summed E-state index contributed by atoms with van der Waals surface area (Å²) < 4.78 is 8.95. The van der Waals surface area contributed by atoms with Crippen molar-refractivity contribution in [2.24, 2.45) is 0 Å². The summed E-state index contributed by atoms with van der Waals surface area (Å²) in [6, 6.07) is 0. The predicted molar refractivity (Wildman–Crippen MR) is 42.9 cm³/mol. The second-order valence-corrected chi connectivity index (χ2v) is 2.87. The van der Waals surface area contributed by atoms with Gasteiger partial charge in [-0.2, -0.15) is 0 Å². The minimum Gasteiger partial charge on any atom is -0.466 e. The third-order valence-corrected chi connectivity index (χ3v) is 1.33. The van der Waals surface area contributed by atoms with E-state index in [1.807, 2.05) is 0 Å². The summed E-state index contributed by atoms with van der Waals surface area (Å²) in [5.41, 5.74) is 0. The molecule has 0 aromatic rings. The van der Waals surface area contributed by atoms with Gasteiger partial charge in [-0.15, -0.1) is 11.6 Å². The summed E-state index contributed by atoms with van der Waals surface area (Å²) in [5, 5.41) is -0.753. The number of carbonyl (C=O) groups excluding carboxylic acids is 2. The van der Waals surface area contributed by atoms with Crippen molar-refractivity contribution in [2.75, 3.05) is 7.11 Å². The first-order valence-corrected chi connectivity index (χ1v) is 3.85. The van der Waals surface area contributed by atoms with Crippen LogP contribution in [0.25, 0.3) is 0 Å². The highest BCUT2D eigenvalue weighted by atomic mass is 35.5. The summed E-state index contributed by atoms with van der Waals surface area (Å²) >= 11 is 5.39. The lowest BCUT2D eigenvalue weighted by Crippen LogP contribution is -2.28. The van der Waals surface area contributed by atoms with Gasteiger partial charge in [0.05, 0.1) is 7.11 Å². The lowest BCUT2D eigenvalue weighted by molar-refractivity contribution is -0.164. The van der Waals surface area contributed by atoms with Gasteiger partial charge in [0.1, 0.15) is 5.38 Å². The molecule has 0 aliphatic rings. The zero-order chi connectivity index (χ0) is 9.72. The Hall–Kier alpha value is -0.770. The number of rotatable bonds is 3. The maximum atomic E-state index is 10.8. The Morgan fingerprint density at radius 1 is 1.25 bits per heavy atom. The summed E-state index contributed by atoms with van der Waals surface area (Å²) in [6.07, 6.45) is -0.899. The minimum absolute atomic E-state index is 0.597. The summed E-state index contributed by atoms with van der Waals surface area (Å²) in [7, 11) is 1.22. The average molecular weight is 195 g/mol. The fraction of sp³-hybridized carbons (Fsp3) is 0.714. The maximum Gasteiger partial charge on any atom is 0.346 e. The molecule has 12 heavy (non-hydrogen) atoms. The standard InChI is InChI=1S/C7H11ClO4/c1-4(8)6(9)12-5(2)7(10)11-3/h4-5H,1-3H3. The second kappa shape index (κ2) is 4.98. The second-order valence-electron chi connectivity index (χ2n) is 2.22. The number of hydrogen-bond acceptors (Lipinski definition) is 4. The van der Waals surface area contributed by atoms with Crippen molar-refractivity contribution < 1.29 is 19.1 Å². The van der Waals surface area contributed by atoms with E-state index in [0.717, 1.165) is 0 Å². The molecule has 0 heterocycles. The number of carbonyl (C=O) groups is 2. The largest absolute Gasteiger partial charge is 0.466 e. The van der Waals surface area contributed by atoms with E-state index in [0.29, 0.717) is 0 Å². The molecule has 0 fully saturated rings. The summed E-state index contributed by atoms with van der Waals surface area (Å²) in [4.78, 5) is 21.5. The lowest BCUT2D eigenvalue weighted by atomic mass is 10.4. The van der Waals surface area contributed by atoms with E-state index in [4.69, 9.17) is 11.6 Å². The molecular weight excluding hydrogens is 184 g/mol. The first-order valence-electron chi connectivity index (χ1n) is 3.41. The van der Waals surface area contributed by atoms with Crippen molar-refractivity contribution >= 4 is 23.5 Å². The Bertz CT molecular complexity index is 178. The van der Waals surface area contributed by atoms with Crippen molar-refractivity contribution in [2.45, 2.75) is 25.3 Å². The van der Waals surface area contributed by atoms with Crippen LogP contribution in [-0.4, -0.2) is 30.5 Å². The van der Waals surface area contributed by atoms with Gasteiger partial charge in [0, 0.05) is 0 Å². The molecule has 0 saturated heterocycles. The van der Waals surface area contributed by atoms with Crippen molar-refractivity contribution in [1.29, 1.82) is 0 Å². The van der Waals surface area contributed by atoms with E-state index < -0.39 is 23.4 Å². The van der Waals surface area contributed by atoms with Crippen LogP contribution in [0, 0.1) is 0 Å². The molecule has 0 aliphatic carbocycles. The Labute approximate surface area is 75.8 Å². The smallest absolute Gasteiger partial charge is 0.346 e. The van der Waals surface area contributed by atoms with E-state index in [9.17, 15) is 9.59 Å². The number of halogens is 1. The number of esters is 2. The quantitative estimate of drug-likeness (QED) is 0.491. The van der Waals surface area contributed by atoms with Crippen molar-refractivity contribution in [1.82, 2.24) is 0 Å². The lowest BCUT2D eigenvalue weighted by Gasteiger charge is -2.11. The molecule has 2 unspecified atom stereocenters. The third-order valence-electron chi connectivity index (χ3n) is 1.15. The molecule has 2 atom stereocenters. The van der Waals surface area contributed by atoms with Crippen LogP contribution in [-0.2, 0) is 19.1 Å². The van der Waals surface area contributed by atoms with E-state index in [-0.39, 0.29) is 0 Å². The van der Waals surface area contributed by atoms with Crippen LogP contribution in [0.5, 0.6) is 0 Å². The SMILES string of the molecule is COC(=O)C(C)OC(=O)C(C)Cl. The van der Waals surface area contributed by atoms with Crippen LogP contribution < -0.4 is 0 Å². The first-order chi connectivity index (χ1) is 5.49. The van der Waals surface area contributed by atoms with Crippen LogP contribution >= 0.6 is 11.6 Å². The Morgan fingerprint density at radius 2 is 1.75 bits per heavy atom. The number of alkyl halides is 1. The zero-order valence-electron chi connectivity index (χ0n) is 7.17. The molecule has 5 heteroatoms. The zero-order valence-corrected chi connectivity index (χ0v) is 7.92. The van der Waals surface area contributed by atoms with Crippen molar-refractivity contribution in [3.05, 3.63) is 0 Å². The molecule has 0 aromatic heterocycles. The van der Waals surface area contributed by atoms with Gasteiger partial charge in [-0.25, -0.2) is 4.79 Å². The normalized spacial score (nSPS) is 14.7. The fourth-order valence-electron chi connectivity index (χ4n) is 0.482. The molecule has 0 aliphatic heterocycles. The molecule has 0 bridgehead atoms. The molecule has 0 saturated carbocycles. The molecule has 0 spiro atoms. The van der Waals surface area contributed by atoms with E-state index in [2.05, 4.69) is 9.47 Å². The van der Waals surface area contributed by atoms with Gasteiger partial charge in [-0.05, 0) is 13.8 Å². The maximum absolute atomic E-state index is 10.8. The summed E-state index contributed by atoms with van der Waals surface area (Å²) in [6.45, 7) is 2.89. The predicted octanol–water partition coefficient (Wildman–Crippen LogP) is 0.718. The van der Waals surface area contributed by atoms with Gasteiger partial charge >= 0.3 is 11.9 Å². The van der Waals surface area contributed by atoms with E-state index in [1.54, 1.807) is 0 Å². The third kappa shape index (κ3) is 3.57. The van der Waals surface area contributed by atoms with Gasteiger partial charge < -0.3 is 9.47 Å². The van der Waals surface area contributed by atoms with Gasteiger partial charge in [-0.1, -0.05) is 0 Å². The van der Waals surface area contributed by atoms with Gasteiger partial charge in [-0.3, -0.25) is 4.79 Å². The molecule has 0 aromatic carbocycles. The molecule has 0 radical (unpaired) electrons.